The zero-order chi connectivity index (χ0) is 19.7. The van der Waals surface area contributed by atoms with E-state index in [9.17, 15) is 13.2 Å². The van der Waals surface area contributed by atoms with Crippen molar-refractivity contribution in [1.82, 2.24) is 19.5 Å². The van der Waals surface area contributed by atoms with Crippen LogP contribution in [0.25, 0.3) is 22.3 Å². The highest BCUT2D eigenvalue weighted by Gasteiger charge is 2.36. The molecule has 28 heavy (non-hydrogen) atoms. The van der Waals surface area contributed by atoms with Crippen molar-refractivity contribution in [2.24, 2.45) is 7.05 Å². The smallest absolute Gasteiger partial charge is 0.418 e. The lowest BCUT2D eigenvalue weighted by Gasteiger charge is -2.16. The maximum atomic E-state index is 13.7. The Bertz CT molecular complexity index is 1120. The van der Waals surface area contributed by atoms with Gasteiger partial charge in [-0.05, 0) is 11.6 Å². The zero-order valence-corrected chi connectivity index (χ0v) is 14.8. The van der Waals surface area contributed by atoms with E-state index >= 15 is 0 Å². The first-order chi connectivity index (χ1) is 13.4. The molecule has 0 bridgehead atoms. The standard InChI is InChI=1S/C20H15F3N4O/c1-27-12-26-18-17(15(20(21,22)23)9-25-19(18)27)14-7-8-24-10-16(14)28-11-13-5-3-2-4-6-13/h2-10,12H,11H2,1H3. The number of rotatable bonds is 4. The van der Waals surface area contributed by atoms with E-state index in [1.54, 1.807) is 11.6 Å². The number of hydrogen-bond donors (Lipinski definition) is 0. The normalized spacial score (nSPS) is 11.7. The molecule has 0 N–H and O–H groups in total. The summed E-state index contributed by atoms with van der Waals surface area (Å²) in [4.78, 5) is 12.1. The molecule has 0 amide bonds. The Hall–Kier alpha value is -3.42. The van der Waals surface area contributed by atoms with Crippen LogP contribution < -0.4 is 4.74 Å². The van der Waals surface area contributed by atoms with Crippen LogP contribution in [0.3, 0.4) is 0 Å². The predicted molar refractivity (Wildman–Crippen MR) is 97.5 cm³/mol. The summed E-state index contributed by atoms with van der Waals surface area (Å²) in [7, 11) is 1.68. The van der Waals surface area contributed by atoms with Crippen LogP contribution in [-0.4, -0.2) is 19.5 Å². The maximum Gasteiger partial charge on any atom is 0.418 e. The van der Waals surface area contributed by atoms with Crippen molar-refractivity contribution < 1.29 is 17.9 Å². The van der Waals surface area contributed by atoms with E-state index in [0.717, 1.165) is 11.8 Å². The van der Waals surface area contributed by atoms with Crippen molar-refractivity contribution in [3.63, 3.8) is 0 Å². The topological polar surface area (TPSA) is 52.8 Å². The van der Waals surface area contributed by atoms with Crippen molar-refractivity contribution in [2.75, 3.05) is 0 Å². The molecule has 0 radical (unpaired) electrons. The minimum absolute atomic E-state index is 0.0661. The number of aryl methyl sites for hydroxylation is 1. The minimum atomic E-state index is -4.59. The molecule has 1 aromatic carbocycles. The lowest BCUT2D eigenvalue weighted by atomic mass is 10.00. The summed E-state index contributed by atoms with van der Waals surface area (Å²) in [5.74, 6) is 0.245. The van der Waals surface area contributed by atoms with Gasteiger partial charge in [-0.1, -0.05) is 30.3 Å². The number of nitrogens with zero attached hydrogens (tertiary/aromatic N) is 4. The monoisotopic (exact) mass is 384 g/mol. The fraction of sp³-hybridized carbons (Fsp3) is 0.150. The first kappa shape index (κ1) is 18.0. The van der Waals surface area contributed by atoms with Gasteiger partial charge in [0.15, 0.2) is 5.65 Å². The molecule has 0 spiro atoms. The van der Waals surface area contributed by atoms with Crippen molar-refractivity contribution in [3.8, 4) is 16.9 Å². The van der Waals surface area contributed by atoms with Gasteiger partial charge in [0.1, 0.15) is 17.9 Å². The Balaban J connectivity index is 1.86. The summed E-state index contributed by atoms with van der Waals surface area (Å²) in [6.07, 6.45) is 0.523. The van der Waals surface area contributed by atoms with Crippen LogP contribution in [0.1, 0.15) is 11.1 Å². The molecule has 0 saturated carbocycles. The van der Waals surface area contributed by atoms with Gasteiger partial charge in [0, 0.05) is 30.6 Å². The number of halogens is 3. The number of ether oxygens (including phenoxy) is 1. The number of fused-ring (bicyclic) bond motifs is 1. The van der Waals surface area contributed by atoms with Crippen molar-refractivity contribution in [3.05, 3.63) is 72.4 Å². The van der Waals surface area contributed by atoms with Gasteiger partial charge in [0.05, 0.1) is 18.1 Å². The molecule has 5 nitrogen and oxygen atoms in total. The lowest BCUT2D eigenvalue weighted by Crippen LogP contribution is -2.09. The summed E-state index contributed by atoms with van der Waals surface area (Å²) in [6.45, 7) is 0.206. The number of benzene rings is 1. The third-order valence-electron chi connectivity index (χ3n) is 4.32. The third-order valence-corrected chi connectivity index (χ3v) is 4.32. The minimum Gasteiger partial charge on any atom is -0.487 e. The van der Waals surface area contributed by atoms with E-state index in [1.165, 1.54) is 24.8 Å². The van der Waals surface area contributed by atoms with Crippen LogP contribution in [0, 0.1) is 0 Å². The molecule has 0 unspecified atom stereocenters. The molecule has 8 heteroatoms. The van der Waals surface area contributed by atoms with E-state index < -0.39 is 11.7 Å². The van der Waals surface area contributed by atoms with E-state index in [1.807, 2.05) is 30.3 Å². The van der Waals surface area contributed by atoms with Crippen LogP contribution in [0.5, 0.6) is 5.75 Å². The second-order valence-electron chi connectivity index (χ2n) is 6.22. The SMILES string of the molecule is Cn1cnc2c(-c3ccncc3OCc3ccccc3)c(C(F)(F)F)cnc21. The Morgan fingerprint density at radius 3 is 2.57 bits per heavy atom. The molecule has 0 aliphatic carbocycles. The van der Waals surface area contributed by atoms with Crippen molar-refractivity contribution in [1.29, 1.82) is 0 Å². The Morgan fingerprint density at radius 1 is 1.04 bits per heavy atom. The summed E-state index contributed by atoms with van der Waals surface area (Å²) >= 11 is 0. The lowest BCUT2D eigenvalue weighted by molar-refractivity contribution is -0.137. The van der Waals surface area contributed by atoms with Crippen molar-refractivity contribution in [2.45, 2.75) is 12.8 Å². The Labute approximate surface area is 158 Å². The Morgan fingerprint density at radius 2 is 1.82 bits per heavy atom. The van der Waals surface area contributed by atoms with Crippen LogP contribution in [-0.2, 0) is 19.8 Å². The summed E-state index contributed by atoms with van der Waals surface area (Å²) in [6, 6.07) is 10.9. The largest absolute Gasteiger partial charge is 0.487 e. The molecule has 142 valence electrons. The highest BCUT2D eigenvalue weighted by molar-refractivity contribution is 5.93. The molecule has 0 fully saturated rings. The fourth-order valence-electron chi connectivity index (χ4n) is 2.99. The number of hydrogen-bond acceptors (Lipinski definition) is 4. The second kappa shape index (κ2) is 6.95. The third kappa shape index (κ3) is 3.28. The van der Waals surface area contributed by atoms with E-state index in [2.05, 4.69) is 15.0 Å². The molecule has 0 aliphatic rings. The van der Waals surface area contributed by atoms with Gasteiger partial charge in [-0.15, -0.1) is 0 Å². The van der Waals surface area contributed by atoms with Crippen LogP contribution in [0.4, 0.5) is 13.2 Å². The first-order valence-electron chi connectivity index (χ1n) is 8.43. The summed E-state index contributed by atoms with van der Waals surface area (Å²) < 4.78 is 48.6. The predicted octanol–water partition coefficient (Wildman–Crippen LogP) is 4.63. The van der Waals surface area contributed by atoms with Gasteiger partial charge in [-0.2, -0.15) is 13.2 Å². The molecule has 3 aromatic heterocycles. The second-order valence-corrected chi connectivity index (χ2v) is 6.22. The quantitative estimate of drug-likeness (QED) is 0.515. The van der Waals surface area contributed by atoms with E-state index in [-0.39, 0.29) is 29.0 Å². The molecular weight excluding hydrogens is 369 g/mol. The Kier molecular flexibility index (Phi) is 4.46. The fourth-order valence-corrected chi connectivity index (χ4v) is 2.99. The van der Waals surface area contributed by atoms with Crippen LogP contribution >= 0.6 is 0 Å². The van der Waals surface area contributed by atoms with Gasteiger partial charge >= 0.3 is 6.18 Å². The van der Waals surface area contributed by atoms with Gasteiger partial charge in [-0.3, -0.25) is 4.98 Å². The van der Waals surface area contributed by atoms with Gasteiger partial charge < -0.3 is 9.30 Å². The van der Waals surface area contributed by atoms with Gasteiger partial charge in [0.2, 0.25) is 0 Å². The maximum absolute atomic E-state index is 13.7. The molecule has 4 rings (SSSR count). The molecule has 0 aliphatic heterocycles. The van der Waals surface area contributed by atoms with Crippen LogP contribution in [0.2, 0.25) is 0 Å². The van der Waals surface area contributed by atoms with E-state index in [4.69, 9.17) is 4.74 Å². The van der Waals surface area contributed by atoms with Crippen LogP contribution in [0.15, 0.2) is 61.3 Å². The van der Waals surface area contributed by atoms with Crippen molar-refractivity contribution >= 4 is 11.2 Å². The summed E-state index contributed by atoms with van der Waals surface area (Å²) in [5.41, 5.74) is 0.746. The first-order valence-corrected chi connectivity index (χ1v) is 8.43. The number of alkyl halides is 3. The average molecular weight is 384 g/mol. The molecule has 4 aromatic rings. The molecule has 0 saturated heterocycles. The number of imidazole rings is 1. The zero-order valence-electron chi connectivity index (χ0n) is 14.8. The average Bonchev–Trinajstić information content (AvgIpc) is 3.07. The summed E-state index contributed by atoms with van der Waals surface area (Å²) in [5, 5.41) is 0. The molecule has 0 atom stereocenters. The van der Waals surface area contributed by atoms with Gasteiger partial charge in [-0.25, -0.2) is 9.97 Å². The number of aromatic nitrogens is 4. The highest BCUT2D eigenvalue weighted by Crippen LogP contribution is 2.42. The molecule has 3 heterocycles. The number of pyridine rings is 2. The van der Waals surface area contributed by atoms with E-state index in [0.29, 0.717) is 5.65 Å². The van der Waals surface area contributed by atoms with Gasteiger partial charge in [0.25, 0.3) is 0 Å². The molecular formula is C20H15F3N4O. The highest BCUT2D eigenvalue weighted by atomic mass is 19.4.